The monoisotopic (exact) mass is 389 g/mol. The normalized spacial score (nSPS) is 27.5. The van der Waals surface area contributed by atoms with Gasteiger partial charge in [0.25, 0.3) is 0 Å². The molecular weight excluding hydrogens is 358 g/mol. The topological polar surface area (TPSA) is 76.5 Å². The number of likely N-dealkylation sites (tertiary alicyclic amines) is 1. The number of aliphatic hydroxyl groups is 2. The number of nitrogens with zero attached hydrogens (tertiary/aromatic N) is 3. The summed E-state index contributed by atoms with van der Waals surface area (Å²) in [4.78, 5) is 19.2. The van der Waals surface area contributed by atoms with Gasteiger partial charge in [-0.05, 0) is 30.5 Å². The molecule has 0 unspecified atom stereocenters. The van der Waals surface area contributed by atoms with Crippen LogP contribution >= 0.6 is 0 Å². The van der Waals surface area contributed by atoms with Crippen LogP contribution in [0.1, 0.15) is 28.8 Å². The summed E-state index contributed by atoms with van der Waals surface area (Å²) in [6.07, 6.45) is 1.42. The molecule has 3 saturated heterocycles. The van der Waals surface area contributed by atoms with Gasteiger partial charge in [-0.25, -0.2) is 4.79 Å². The van der Waals surface area contributed by atoms with Crippen molar-refractivity contribution in [3.63, 3.8) is 0 Å². The highest BCUT2D eigenvalue weighted by Gasteiger charge is 2.55. The summed E-state index contributed by atoms with van der Waals surface area (Å²) in [6, 6.07) is 8.05. The lowest BCUT2D eigenvalue weighted by Crippen LogP contribution is -2.77. The van der Waals surface area contributed by atoms with Crippen molar-refractivity contribution in [3.8, 4) is 0 Å². The first-order chi connectivity index (χ1) is 13.5. The molecule has 1 aromatic carbocycles. The minimum atomic E-state index is -0.303. The summed E-state index contributed by atoms with van der Waals surface area (Å²) in [5.41, 5.74) is 1.80. The van der Waals surface area contributed by atoms with E-state index in [1.807, 2.05) is 18.2 Å². The lowest BCUT2D eigenvalue weighted by atomic mass is 9.83. The Hall–Kier alpha value is -1.51. The molecule has 154 valence electrons. The van der Waals surface area contributed by atoms with E-state index in [4.69, 9.17) is 4.74 Å². The summed E-state index contributed by atoms with van der Waals surface area (Å²) in [6.45, 7) is 6.63. The van der Waals surface area contributed by atoms with Gasteiger partial charge in [0, 0.05) is 58.5 Å². The Morgan fingerprint density at radius 1 is 1.25 bits per heavy atom. The van der Waals surface area contributed by atoms with Crippen LogP contribution in [0, 0.1) is 0 Å². The molecule has 1 spiro atoms. The van der Waals surface area contributed by atoms with E-state index < -0.39 is 0 Å². The van der Waals surface area contributed by atoms with Gasteiger partial charge < -0.3 is 14.9 Å². The minimum Gasteiger partial charge on any atom is -0.465 e. The van der Waals surface area contributed by atoms with Crippen molar-refractivity contribution in [2.75, 3.05) is 53.0 Å². The SMILES string of the molecule is COC(=O)c1cccc(CN2CC3(CN(CCCO)C[C@@H]4C[C@@H](O)CN43)C2)c1. The molecule has 4 rings (SSSR count). The summed E-state index contributed by atoms with van der Waals surface area (Å²) in [5.74, 6) is -0.303. The second kappa shape index (κ2) is 8.08. The molecule has 2 atom stereocenters. The Morgan fingerprint density at radius 3 is 2.79 bits per heavy atom. The highest BCUT2D eigenvalue weighted by molar-refractivity contribution is 5.89. The zero-order valence-electron chi connectivity index (χ0n) is 16.6. The molecule has 1 aromatic rings. The van der Waals surface area contributed by atoms with Crippen molar-refractivity contribution in [2.45, 2.75) is 37.1 Å². The predicted molar refractivity (Wildman–Crippen MR) is 105 cm³/mol. The van der Waals surface area contributed by atoms with Crippen LogP contribution in [0.5, 0.6) is 0 Å². The number of piperazine rings is 1. The average Bonchev–Trinajstić information content (AvgIpc) is 3.05. The summed E-state index contributed by atoms with van der Waals surface area (Å²) >= 11 is 0. The lowest BCUT2D eigenvalue weighted by molar-refractivity contribution is -0.116. The molecule has 3 heterocycles. The Morgan fingerprint density at radius 2 is 2.04 bits per heavy atom. The van der Waals surface area contributed by atoms with Crippen LogP contribution in [0.25, 0.3) is 0 Å². The van der Waals surface area contributed by atoms with Crippen molar-refractivity contribution in [1.82, 2.24) is 14.7 Å². The van der Waals surface area contributed by atoms with Gasteiger partial charge in [-0.3, -0.25) is 14.7 Å². The highest BCUT2D eigenvalue weighted by atomic mass is 16.5. The number of ether oxygens (including phenoxy) is 1. The van der Waals surface area contributed by atoms with Gasteiger partial charge in [0.2, 0.25) is 0 Å². The standard InChI is InChI=1S/C21H31N3O4/c1-28-20(27)17-5-2-4-16(8-17)10-23-14-21(15-23)13-22(6-3-7-25)11-18-9-19(26)12-24(18)21/h2,4-5,8,18-19,25-26H,3,6-7,9-15H2,1H3/t18-,19+/m0/s1. The Balaban J connectivity index is 1.42. The Kier molecular flexibility index (Phi) is 5.71. The minimum absolute atomic E-state index is 0.0931. The molecule has 0 aromatic heterocycles. The molecule has 28 heavy (non-hydrogen) atoms. The third-order valence-electron chi connectivity index (χ3n) is 6.41. The summed E-state index contributed by atoms with van der Waals surface area (Å²) in [5, 5.41) is 19.4. The van der Waals surface area contributed by atoms with Crippen LogP contribution in [0.3, 0.4) is 0 Å². The van der Waals surface area contributed by atoms with Gasteiger partial charge in [-0.2, -0.15) is 0 Å². The zero-order chi connectivity index (χ0) is 19.7. The molecule has 2 N–H and O–H groups in total. The summed E-state index contributed by atoms with van der Waals surface area (Å²) in [7, 11) is 1.40. The number of carbonyl (C=O) groups excluding carboxylic acids is 1. The zero-order valence-corrected chi connectivity index (χ0v) is 16.6. The van der Waals surface area contributed by atoms with Crippen molar-refractivity contribution in [1.29, 1.82) is 0 Å². The van der Waals surface area contributed by atoms with Crippen LogP contribution in [-0.2, 0) is 11.3 Å². The smallest absolute Gasteiger partial charge is 0.337 e. The maximum absolute atomic E-state index is 11.8. The van der Waals surface area contributed by atoms with Crippen molar-refractivity contribution >= 4 is 5.97 Å². The molecule has 7 nitrogen and oxygen atoms in total. The molecular formula is C21H31N3O4. The van der Waals surface area contributed by atoms with Crippen LogP contribution in [-0.4, -0.2) is 102 Å². The number of benzene rings is 1. The van der Waals surface area contributed by atoms with Gasteiger partial charge >= 0.3 is 5.97 Å². The number of carbonyl (C=O) groups is 1. The molecule has 3 aliphatic rings. The number of hydrogen-bond acceptors (Lipinski definition) is 7. The van der Waals surface area contributed by atoms with Gasteiger partial charge in [0.1, 0.15) is 0 Å². The number of methoxy groups -OCH3 is 1. The number of rotatable bonds is 6. The first kappa shape index (κ1) is 19.8. The number of fused-ring (bicyclic) bond motifs is 2. The molecule has 0 aliphatic carbocycles. The maximum Gasteiger partial charge on any atom is 0.337 e. The van der Waals surface area contributed by atoms with E-state index >= 15 is 0 Å². The molecule has 0 saturated carbocycles. The Labute approximate surface area is 166 Å². The number of β-amino-alcohol motifs (C(OH)–C–C–N with tert-alkyl or cyclic N) is 1. The van der Waals surface area contributed by atoms with Crippen molar-refractivity contribution in [3.05, 3.63) is 35.4 Å². The third-order valence-corrected chi connectivity index (χ3v) is 6.41. The molecule has 0 radical (unpaired) electrons. The quantitative estimate of drug-likeness (QED) is 0.671. The fourth-order valence-electron chi connectivity index (χ4n) is 5.33. The largest absolute Gasteiger partial charge is 0.465 e. The van der Waals surface area contributed by atoms with Crippen LogP contribution < -0.4 is 0 Å². The lowest BCUT2D eigenvalue weighted by Gasteiger charge is -2.61. The first-order valence-corrected chi connectivity index (χ1v) is 10.2. The predicted octanol–water partition coefficient (Wildman–Crippen LogP) is 0.161. The second-order valence-electron chi connectivity index (χ2n) is 8.57. The highest BCUT2D eigenvalue weighted by Crippen LogP contribution is 2.39. The first-order valence-electron chi connectivity index (χ1n) is 10.2. The average molecular weight is 389 g/mol. The van der Waals surface area contributed by atoms with E-state index in [2.05, 4.69) is 14.7 Å². The van der Waals surface area contributed by atoms with Gasteiger partial charge in [0.15, 0.2) is 0 Å². The molecule has 0 bridgehead atoms. The van der Waals surface area contributed by atoms with Crippen molar-refractivity contribution in [2.24, 2.45) is 0 Å². The molecule has 3 aliphatic heterocycles. The summed E-state index contributed by atoms with van der Waals surface area (Å²) < 4.78 is 4.82. The van der Waals surface area contributed by atoms with E-state index in [0.29, 0.717) is 11.6 Å². The van der Waals surface area contributed by atoms with E-state index in [9.17, 15) is 15.0 Å². The van der Waals surface area contributed by atoms with Crippen LogP contribution in [0.2, 0.25) is 0 Å². The fraction of sp³-hybridized carbons (Fsp3) is 0.667. The van der Waals surface area contributed by atoms with Crippen LogP contribution in [0.15, 0.2) is 24.3 Å². The number of aliphatic hydroxyl groups excluding tert-OH is 2. The maximum atomic E-state index is 11.8. The van der Waals surface area contributed by atoms with E-state index in [0.717, 1.165) is 64.2 Å². The van der Waals surface area contributed by atoms with Gasteiger partial charge in [-0.15, -0.1) is 0 Å². The fourth-order valence-corrected chi connectivity index (χ4v) is 5.33. The van der Waals surface area contributed by atoms with E-state index in [-0.39, 0.29) is 24.2 Å². The molecule has 7 heteroatoms. The second-order valence-corrected chi connectivity index (χ2v) is 8.57. The van der Waals surface area contributed by atoms with Gasteiger partial charge in [-0.1, -0.05) is 12.1 Å². The number of hydrogen-bond donors (Lipinski definition) is 2. The van der Waals surface area contributed by atoms with E-state index in [1.54, 1.807) is 6.07 Å². The van der Waals surface area contributed by atoms with Crippen LogP contribution in [0.4, 0.5) is 0 Å². The third kappa shape index (κ3) is 3.82. The van der Waals surface area contributed by atoms with E-state index in [1.165, 1.54) is 7.11 Å². The van der Waals surface area contributed by atoms with Gasteiger partial charge in [0.05, 0.1) is 24.3 Å². The molecule has 3 fully saturated rings. The molecule has 0 amide bonds. The van der Waals surface area contributed by atoms with Crippen molar-refractivity contribution < 1.29 is 19.7 Å². The Bertz CT molecular complexity index is 707. The number of esters is 1.